The third kappa shape index (κ3) is 3.57. The van der Waals surface area contributed by atoms with Gasteiger partial charge in [-0.1, -0.05) is 12.1 Å². The average Bonchev–Trinajstić information content (AvgIpc) is 2.92. The predicted molar refractivity (Wildman–Crippen MR) is 74.8 cm³/mol. The second-order valence-corrected chi connectivity index (χ2v) is 4.97. The molecule has 1 heterocycles. The van der Waals surface area contributed by atoms with E-state index in [1.54, 1.807) is 0 Å². The molecule has 0 radical (unpaired) electrons. The molecule has 5 heteroatoms. The van der Waals surface area contributed by atoms with E-state index in [1.165, 1.54) is 4.90 Å². The third-order valence-electron chi connectivity index (χ3n) is 3.33. The number of aliphatic carboxylic acids is 1. The molecule has 5 nitrogen and oxygen atoms in total. The SMILES string of the molecule is Cc1cccc(N(CCC(=O)O)C(=O)C2CCCO2)c1. The van der Waals surface area contributed by atoms with Crippen LogP contribution in [0, 0.1) is 6.92 Å². The quantitative estimate of drug-likeness (QED) is 0.893. The lowest BCUT2D eigenvalue weighted by atomic mass is 10.1. The summed E-state index contributed by atoms with van der Waals surface area (Å²) >= 11 is 0. The van der Waals surface area contributed by atoms with Gasteiger partial charge in [-0.2, -0.15) is 0 Å². The molecule has 1 amide bonds. The predicted octanol–water partition coefficient (Wildman–Crippen LogP) is 1.98. The van der Waals surface area contributed by atoms with Gasteiger partial charge in [-0.05, 0) is 37.5 Å². The molecule has 108 valence electrons. The summed E-state index contributed by atoms with van der Waals surface area (Å²) in [6, 6.07) is 7.51. The molecule has 0 aliphatic carbocycles. The molecule has 0 aromatic heterocycles. The molecule has 0 spiro atoms. The molecule has 1 aromatic rings. The molecule has 0 bridgehead atoms. The Labute approximate surface area is 118 Å². The molecule has 1 aliphatic heterocycles. The molecule has 1 fully saturated rings. The molecule has 1 saturated heterocycles. The van der Waals surface area contributed by atoms with Gasteiger partial charge in [0.25, 0.3) is 5.91 Å². The number of hydrogen-bond acceptors (Lipinski definition) is 3. The van der Waals surface area contributed by atoms with Crippen molar-refractivity contribution in [2.24, 2.45) is 0 Å². The molecule has 1 aliphatic rings. The van der Waals surface area contributed by atoms with Crippen LogP contribution in [-0.4, -0.2) is 36.2 Å². The van der Waals surface area contributed by atoms with E-state index in [2.05, 4.69) is 0 Å². The maximum Gasteiger partial charge on any atom is 0.305 e. The van der Waals surface area contributed by atoms with Crippen molar-refractivity contribution in [3.8, 4) is 0 Å². The van der Waals surface area contributed by atoms with Gasteiger partial charge >= 0.3 is 5.97 Å². The van der Waals surface area contributed by atoms with E-state index in [9.17, 15) is 9.59 Å². The third-order valence-corrected chi connectivity index (χ3v) is 3.33. The average molecular weight is 277 g/mol. The minimum absolute atomic E-state index is 0.0770. The Morgan fingerprint density at radius 1 is 1.45 bits per heavy atom. The minimum atomic E-state index is -0.914. The minimum Gasteiger partial charge on any atom is -0.481 e. The number of carbonyl (C=O) groups excluding carboxylic acids is 1. The maximum absolute atomic E-state index is 12.5. The van der Waals surface area contributed by atoms with Crippen LogP contribution in [0.15, 0.2) is 24.3 Å². The van der Waals surface area contributed by atoms with Crippen LogP contribution in [0.4, 0.5) is 5.69 Å². The number of carbonyl (C=O) groups is 2. The molecule has 1 N–H and O–H groups in total. The molecule has 1 atom stereocenters. The standard InChI is InChI=1S/C15H19NO4/c1-11-4-2-5-12(10-11)16(8-7-14(17)18)15(19)13-6-3-9-20-13/h2,4-5,10,13H,3,6-9H2,1H3,(H,17,18). The van der Waals surface area contributed by atoms with E-state index < -0.39 is 12.1 Å². The zero-order chi connectivity index (χ0) is 14.5. The topological polar surface area (TPSA) is 66.8 Å². The van der Waals surface area contributed by atoms with Crippen molar-refractivity contribution >= 4 is 17.6 Å². The summed E-state index contributed by atoms with van der Waals surface area (Å²) in [5.41, 5.74) is 1.76. The number of amides is 1. The largest absolute Gasteiger partial charge is 0.481 e. The summed E-state index contributed by atoms with van der Waals surface area (Å²) in [7, 11) is 0. The highest BCUT2D eigenvalue weighted by Crippen LogP contribution is 2.21. The number of carboxylic acids is 1. The van der Waals surface area contributed by atoms with Gasteiger partial charge in [0.2, 0.25) is 0 Å². The summed E-state index contributed by atoms with van der Waals surface area (Å²) in [5, 5.41) is 8.84. The Hall–Kier alpha value is -1.88. The Balaban J connectivity index is 2.19. The van der Waals surface area contributed by atoms with Gasteiger partial charge in [-0.25, -0.2) is 0 Å². The van der Waals surface area contributed by atoms with Crippen molar-refractivity contribution in [1.29, 1.82) is 0 Å². The van der Waals surface area contributed by atoms with E-state index in [0.29, 0.717) is 13.0 Å². The van der Waals surface area contributed by atoms with Crippen molar-refractivity contribution in [2.45, 2.75) is 32.3 Å². The van der Waals surface area contributed by atoms with Crippen molar-refractivity contribution < 1.29 is 19.4 Å². The van der Waals surface area contributed by atoms with Crippen molar-refractivity contribution in [2.75, 3.05) is 18.1 Å². The summed E-state index contributed by atoms with van der Waals surface area (Å²) in [6.45, 7) is 2.70. The molecular formula is C15H19NO4. The van der Waals surface area contributed by atoms with Crippen molar-refractivity contribution in [3.05, 3.63) is 29.8 Å². The molecule has 0 saturated carbocycles. The fourth-order valence-corrected chi connectivity index (χ4v) is 2.32. The van der Waals surface area contributed by atoms with Crippen LogP contribution in [0.3, 0.4) is 0 Å². The monoisotopic (exact) mass is 277 g/mol. The Bertz CT molecular complexity index is 494. The van der Waals surface area contributed by atoms with Gasteiger partial charge in [0.1, 0.15) is 6.10 Å². The Kier molecular flexibility index (Phi) is 4.74. The summed E-state index contributed by atoms with van der Waals surface area (Å²) < 4.78 is 5.42. The van der Waals surface area contributed by atoms with Crippen LogP contribution in [0.1, 0.15) is 24.8 Å². The van der Waals surface area contributed by atoms with Gasteiger partial charge in [-0.3, -0.25) is 9.59 Å². The first-order valence-electron chi connectivity index (χ1n) is 6.79. The highest BCUT2D eigenvalue weighted by molar-refractivity contribution is 5.97. The first-order chi connectivity index (χ1) is 9.58. The molecule has 1 aromatic carbocycles. The van der Waals surface area contributed by atoms with E-state index >= 15 is 0 Å². The highest BCUT2D eigenvalue weighted by Gasteiger charge is 2.29. The number of rotatable bonds is 5. The first kappa shape index (κ1) is 14.5. The van der Waals surface area contributed by atoms with Crippen LogP contribution in [0.2, 0.25) is 0 Å². The molecular weight excluding hydrogens is 258 g/mol. The van der Waals surface area contributed by atoms with Crippen LogP contribution < -0.4 is 4.90 Å². The van der Waals surface area contributed by atoms with Crippen LogP contribution in [-0.2, 0) is 14.3 Å². The molecule has 1 unspecified atom stereocenters. The highest BCUT2D eigenvalue weighted by atomic mass is 16.5. The zero-order valence-corrected chi connectivity index (χ0v) is 11.5. The number of ether oxygens (including phenoxy) is 1. The summed E-state index contributed by atoms with van der Waals surface area (Å²) in [4.78, 5) is 24.8. The number of anilines is 1. The number of hydrogen-bond donors (Lipinski definition) is 1. The normalized spacial score (nSPS) is 17.9. The maximum atomic E-state index is 12.5. The van der Waals surface area contributed by atoms with Crippen LogP contribution >= 0.6 is 0 Å². The zero-order valence-electron chi connectivity index (χ0n) is 11.5. The van der Waals surface area contributed by atoms with Crippen LogP contribution in [0.25, 0.3) is 0 Å². The molecule has 20 heavy (non-hydrogen) atoms. The van der Waals surface area contributed by atoms with E-state index in [4.69, 9.17) is 9.84 Å². The lowest BCUT2D eigenvalue weighted by Gasteiger charge is -2.25. The van der Waals surface area contributed by atoms with Crippen LogP contribution in [0.5, 0.6) is 0 Å². The van der Waals surface area contributed by atoms with Gasteiger partial charge in [0.15, 0.2) is 0 Å². The number of aryl methyl sites for hydroxylation is 1. The smallest absolute Gasteiger partial charge is 0.305 e. The summed E-state index contributed by atoms with van der Waals surface area (Å²) in [6.07, 6.45) is 1.06. The number of nitrogens with zero attached hydrogens (tertiary/aromatic N) is 1. The van der Waals surface area contributed by atoms with Gasteiger partial charge in [0.05, 0.1) is 6.42 Å². The van der Waals surface area contributed by atoms with Crippen molar-refractivity contribution in [3.63, 3.8) is 0 Å². The van der Waals surface area contributed by atoms with Gasteiger partial charge in [0, 0.05) is 18.8 Å². The Morgan fingerprint density at radius 3 is 2.85 bits per heavy atom. The first-order valence-corrected chi connectivity index (χ1v) is 6.79. The van der Waals surface area contributed by atoms with Crippen molar-refractivity contribution in [1.82, 2.24) is 0 Å². The van der Waals surface area contributed by atoms with Gasteiger partial charge in [-0.15, -0.1) is 0 Å². The fourth-order valence-electron chi connectivity index (χ4n) is 2.32. The second-order valence-electron chi connectivity index (χ2n) is 4.97. The number of carboxylic acid groups (broad SMARTS) is 1. The van der Waals surface area contributed by atoms with Gasteiger partial charge < -0.3 is 14.7 Å². The van der Waals surface area contributed by atoms with E-state index in [1.807, 2.05) is 31.2 Å². The lowest BCUT2D eigenvalue weighted by Crippen LogP contribution is -2.40. The summed E-state index contributed by atoms with van der Waals surface area (Å²) in [5.74, 6) is -1.06. The number of benzene rings is 1. The Morgan fingerprint density at radius 2 is 2.25 bits per heavy atom. The fraction of sp³-hybridized carbons (Fsp3) is 0.467. The lowest BCUT2D eigenvalue weighted by molar-refractivity contribution is -0.136. The second kappa shape index (κ2) is 6.52. The molecule has 2 rings (SSSR count). The van der Waals surface area contributed by atoms with E-state index in [-0.39, 0.29) is 18.9 Å². The van der Waals surface area contributed by atoms with E-state index in [0.717, 1.165) is 17.7 Å².